The summed E-state index contributed by atoms with van der Waals surface area (Å²) in [6.07, 6.45) is 2.51. The van der Waals surface area contributed by atoms with Crippen LogP contribution in [-0.4, -0.2) is 99.3 Å². The minimum absolute atomic E-state index is 0.00938. The van der Waals surface area contributed by atoms with Crippen LogP contribution in [0.3, 0.4) is 0 Å². The van der Waals surface area contributed by atoms with E-state index in [1.807, 2.05) is 82.8 Å². The Morgan fingerprint density at radius 1 is 0.980 bits per heavy atom. The molecule has 1 N–H and O–H groups in total. The van der Waals surface area contributed by atoms with Gasteiger partial charge in [-0.1, -0.05) is 41.4 Å². The third kappa shape index (κ3) is 7.07. The number of rotatable bonds is 9. The van der Waals surface area contributed by atoms with Crippen molar-refractivity contribution >= 4 is 50.2 Å². The lowest BCUT2D eigenvalue weighted by Crippen LogP contribution is -2.42. The molecule has 0 spiro atoms. The first-order valence-electron chi connectivity index (χ1n) is 17.0. The standard InChI is InChI=1S/C36H42Cl2N8O4S/c1-41(2)33-12-11-32-35(39-33)46(36(48)42(32)3)26-13-16-43(17-14-26)20-27(47)21-45-31-15-18-44(51(4,49)50)22-29(31)34(40-45)24-7-10-30(38)28(19-24)23-5-8-25(37)9-6-23/h5-12,19,26-27,47H,13-18,20-22H2,1-4H3. The largest absolute Gasteiger partial charge is 0.390 e. The number of aromatic nitrogens is 5. The lowest BCUT2D eigenvalue weighted by molar-refractivity contribution is 0.0762. The first-order valence-corrected chi connectivity index (χ1v) is 19.6. The van der Waals surface area contributed by atoms with Gasteiger partial charge in [0.25, 0.3) is 0 Å². The molecule has 1 saturated heterocycles. The summed E-state index contributed by atoms with van der Waals surface area (Å²) in [7, 11) is 2.22. The number of benzene rings is 2. The molecule has 0 radical (unpaired) electrons. The average Bonchev–Trinajstić information content (AvgIpc) is 3.58. The molecule has 12 nitrogen and oxygen atoms in total. The summed E-state index contributed by atoms with van der Waals surface area (Å²) in [5, 5.41) is 17.6. The van der Waals surface area contributed by atoms with Crippen molar-refractivity contribution in [2.45, 2.75) is 44.5 Å². The van der Waals surface area contributed by atoms with Crippen LogP contribution in [0.2, 0.25) is 10.0 Å². The van der Waals surface area contributed by atoms with Crippen molar-refractivity contribution in [3.8, 4) is 22.4 Å². The number of fused-ring (bicyclic) bond motifs is 2. The van der Waals surface area contributed by atoms with E-state index in [-0.39, 0.29) is 24.8 Å². The normalized spacial score (nSPS) is 16.8. The van der Waals surface area contributed by atoms with Crippen LogP contribution < -0.4 is 10.6 Å². The molecule has 51 heavy (non-hydrogen) atoms. The molecule has 1 unspecified atom stereocenters. The maximum atomic E-state index is 13.3. The van der Waals surface area contributed by atoms with Crippen molar-refractivity contribution in [3.05, 3.63) is 86.4 Å². The summed E-state index contributed by atoms with van der Waals surface area (Å²) in [6, 6.07) is 17.0. The smallest absolute Gasteiger partial charge is 0.330 e. The van der Waals surface area contributed by atoms with Crippen LogP contribution in [0.4, 0.5) is 5.82 Å². The zero-order chi connectivity index (χ0) is 36.2. The Hall–Kier alpha value is -3.72. The molecule has 2 aliphatic rings. The van der Waals surface area contributed by atoms with E-state index in [0.717, 1.165) is 65.2 Å². The van der Waals surface area contributed by atoms with Gasteiger partial charge >= 0.3 is 5.69 Å². The minimum Gasteiger partial charge on any atom is -0.390 e. The van der Waals surface area contributed by atoms with E-state index in [4.69, 9.17) is 33.3 Å². The van der Waals surface area contributed by atoms with Gasteiger partial charge in [0.2, 0.25) is 10.0 Å². The minimum atomic E-state index is -3.43. The van der Waals surface area contributed by atoms with E-state index in [1.165, 1.54) is 10.6 Å². The molecule has 0 bridgehead atoms. The highest BCUT2D eigenvalue weighted by Gasteiger charge is 2.32. The number of likely N-dealkylation sites (tertiary alicyclic amines) is 1. The highest BCUT2D eigenvalue weighted by Crippen LogP contribution is 2.37. The van der Waals surface area contributed by atoms with Crippen molar-refractivity contribution in [2.24, 2.45) is 7.05 Å². The number of pyridine rings is 1. The zero-order valence-electron chi connectivity index (χ0n) is 29.1. The molecule has 0 aliphatic carbocycles. The Balaban J connectivity index is 1.10. The number of β-amino-alcohol motifs (C(OH)–C–C–N with tert-alkyl or cyclic N) is 1. The molecule has 0 amide bonds. The zero-order valence-corrected chi connectivity index (χ0v) is 31.5. The second kappa shape index (κ2) is 14.0. The molecule has 15 heteroatoms. The Labute approximate surface area is 307 Å². The molecule has 7 rings (SSSR count). The number of imidazole rings is 1. The lowest BCUT2D eigenvalue weighted by Gasteiger charge is -2.33. The fraction of sp³-hybridized carbons (Fsp3) is 0.417. The van der Waals surface area contributed by atoms with Crippen LogP contribution in [0.25, 0.3) is 33.5 Å². The maximum Gasteiger partial charge on any atom is 0.330 e. The number of aryl methyl sites for hydroxylation is 1. The van der Waals surface area contributed by atoms with Gasteiger partial charge in [-0.15, -0.1) is 0 Å². The van der Waals surface area contributed by atoms with E-state index >= 15 is 0 Å². The van der Waals surface area contributed by atoms with Gasteiger partial charge in [-0.3, -0.25) is 13.8 Å². The fourth-order valence-electron chi connectivity index (χ4n) is 7.37. The van der Waals surface area contributed by atoms with Gasteiger partial charge < -0.3 is 14.9 Å². The molecule has 1 fully saturated rings. The van der Waals surface area contributed by atoms with Gasteiger partial charge in [-0.25, -0.2) is 18.2 Å². The number of hydrogen-bond donors (Lipinski definition) is 1. The van der Waals surface area contributed by atoms with E-state index in [9.17, 15) is 18.3 Å². The summed E-state index contributed by atoms with van der Waals surface area (Å²) < 4.78 is 32.0. The van der Waals surface area contributed by atoms with Gasteiger partial charge in [0, 0.05) is 98.8 Å². The Morgan fingerprint density at radius 2 is 1.69 bits per heavy atom. The number of aliphatic hydroxyl groups excluding tert-OH is 1. The molecule has 1 atom stereocenters. The number of nitrogens with zero attached hydrogens (tertiary/aromatic N) is 8. The molecule has 5 heterocycles. The Morgan fingerprint density at radius 3 is 2.37 bits per heavy atom. The number of aliphatic hydroxyl groups is 1. The summed E-state index contributed by atoms with van der Waals surface area (Å²) in [5.41, 5.74) is 6.38. The third-order valence-electron chi connectivity index (χ3n) is 10.1. The summed E-state index contributed by atoms with van der Waals surface area (Å²) in [5.74, 6) is 0.800. The van der Waals surface area contributed by atoms with Crippen LogP contribution in [0.15, 0.2) is 59.4 Å². The van der Waals surface area contributed by atoms with Crippen molar-refractivity contribution in [3.63, 3.8) is 0 Å². The van der Waals surface area contributed by atoms with Crippen LogP contribution in [0, 0.1) is 0 Å². The second-order valence-electron chi connectivity index (χ2n) is 13.8. The summed E-state index contributed by atoms with van der Waals surface area (Å²) in [6.45, 7) is 2.70. The predicted octanol–water partition coefficient (Wildman–Crippen LogP) is 4.65. The fourth-order valence-corrected chi connectivity index (χ4v) is 8.51. The Kier molecular flexibility index (Phi) is 9.80. The number of hydrogen-bond acceptors (Lipinski definition) is 8. The van der Waals surface area contributed by atoms with Gasteiger partial charge in [0.05, 0.1) is 30.1 Å². The van der Waals surface area contributed by atoms with Gasteiger partial charge in [-0.2, -0.15) is 9.40 Å². The highest BCUT2D eigenvalue weighted by atomic mass is 35.5. The number of piperidine rings is 1. The first kappa shape index (κ1) is 35.7. The van der Waals surface area contributed by atoms with Crippen LogP contribution >= 0.6 is 23.2 Å². The van der Waals surface area contributed by atoms with Crippen LogP contribution in [0.5, 0.6) is 0 Å². The van der Waals surface area contributed by atoms with Gasteiger partial charge in [-0.05, 0) is 54.8 Å². The molecule has 0 saturated carbocycles. The van der Waals surface area contributed by atoms with E-state index < -0.39 is 16.1 Å². The van der Waals surface area contributed by atoms with Crippen molar-refractivity contribution in [1.29, 1.82) is 0 Å². The topological polar surface area (TPSA) is 122 Å². The second-order valence-corrected chi connectivity index (χ2v) is 16.6. The molecular weight excluding hydrogens is 711 g/mol. The quantitative estimate of drug-likeness (QED) is 0.231. The van der Waals surface area contributed by atoms with Crippen molar-refractivity contribution < 1.29 is 13.5 Å². The molecular formula is C36H42Cl2N8O4S. The highest BCUT2D eigenvalue weighted by molar-refractivity contribution is 7.88. The van der Waals surface area contributed by atoms with Gasteiger partial charge in [0.1, 0.15) is 5.82 Å². The molecule has 2 aliphatic heterocycles. The van der Waals surface area contributed by atoms with Crippen LogP contribution in [-0.2, 0) is 36.6 Å². The number of halogens is 2. The SMILES string of the molecule is CN(C)c1ccc2c(n1)n(C1CCN(CC(O)Cn3nc(-c4ccc(Cl)c(-c5ccc(Cl)cc5)c4)c4c3CCN(S(C)(=O)=O)C4)CC1)c(=O)n2C. The molecule has 5 aromatic rings. The van der Waals surface area contributed by atoms with Crippen LogP contribution in [0.1, 0.15) is 30.1 Å². The maximum absolute atomic E-state index is 13.3. The van der Waals surface area contributed by atoms with E-state index in [1.54, 1.807) is 11.6 Å². The number of anilines is 1. The average molecular weight is 754 g/mol. The summed E-state index contributed by atoms with van der Waals surface area (Å²) in [4.78, 5) is 22.3. The monoisotopic (exact) mass is 752 g/mol. The van der Waals surface area contributed by atoms with E-state index in [0.29, 0.717) is 40.9 Å². The third-order valence-corrected chi connectivity index (χ3v) is 11.9. The van der Waals surface area contributed by atoms with Gasteiger partial charge in [0.15, 0.2) is 5.65 Å². The van der Waals surface area contributed by atoms with Crippen molar-refractivity contribution in [2.75, 3.05) is 51.4 Å². The van der Waals surface area contributed by atoms with E-state index in [2.05, 4.69) is 4.90 Å². The molecule has 2 aromatic carbocycles. The molecule has 3 aromatic heterocycles. The Bertz CT molecular complexity index is 2260. The molecule has 270 valence electrons. The number of sulfonamides is 1. The first-order chi connectivity index (χ1) is 24.3. The predicted molar refractivity (Wildman–Crippen MR) is 202 cm³/mol. The lowest BCUT2D eigenvalue weighted by atomic mass is 9.98. The summed E-state index contributed by atoms with van der Waals surface area (Å²) >= 11 is 12.8. The van der Waals surface area contributed by atoms with Crippen molar-refractivity contribution in [1.82, 2.24) is 33.1 Å².